The molecular weight excluding hydrogens is 252 g/mol. The van der Waals surface area contributed by atoms with Crippen LogP contribution in [0, 0.1) is 12.8 Å². The molecule has 1 aromatic rings. The molecule has 0 heterocycles. The van der Waals surface area contributed by atoms with Crippen molar-refractivity contribution < 1.29 is 4.79 Å². The number of ketones is 1. The fourth-order valence-electron chi connectivity index (χ4n) is 1.84. The Bertz CT molecular complexity index is 380. The Morgan fingerprint density at radius 2 is 2.20 bits per heavy atom. The molecule has 0 bridgehead atoms. The molecule has 0 atom stereocenters. The largest absolute Gasteiger partial charge is 0.294 e. The van der Waals surface area contributed by atoms with Gasteiger partial charge in [-0.25, -0.2) is 0 Å². The predicted octanol–water partition coefficient (Wildman–Crippen LogP) is 4.13. The number of hydrogen-bond donors (Lipinski definition) is 0. The Morgan fingerprint density at radius 1 is 1.47 bits per heavy atom. The van der Waals surface area contributed by atoms with E-state index < -0.39 is 0 Å². The van der Waals surface area contributed by atoms with Crippen LogP contribution >= 0.6 is 15.9 Å². The van der Waals surface area contributed by atoms with Gasteiger partial charge in [-0.05, 0) is 24.5 Å². The van der Waals surface area contributed by atoms with E-state index in [9.17, 15) is 4.79 Å². The van der Waals surface area contributed by atoms with Crippen LogP contribution in [0.4, 0.5) is 0 Å². The number of hydrogen-bond acceptors (Lipinski definition) is 1. The van der Waals surface area contributed by atoms with Gasteiger partial charge >= 0.3 is 0 Å². The van der Waals surface area contributed by atoms with E-state index in [0.29, 0.717) is 11.7 Å². The van der Waals surface area contributed by atoms with Gasteiger partial charge in [0.1, 0.15) is 0 Å². The Morgan fingerprint density at radius 3 is 2.73 bits per heavy atom. The summed E-state index contributed by atoms with van der Waals surface area (Å²) in [6.07, 6.45) is 4.50. The summed E-state index contributed by atoms with van der Waals surface area (Å²) in [6.45, 7) is 2.03. The van der Waals surface area contributed by atoms with E-state index in [-0.39, 0.29) is 0 Å². The average Bonchev–Trinajstić information content (AvgIpc) is 2.15. The molecule has 15 heavy (non-hydrogen) atoms. The summed E-state index contributed by atoms with van der Waals surface area (Å²) < 4.78 is 1.03. The van der Waals surface area contributed by atoms with Gasteiger partial charge in [0.15, 0.2) is 5.78 Å². The van der Waals surface area contributed by atoms with Gasteiger partial charge in [0.2, 0.25) is 0 Å². The Hall–Kier alpha value is -0.630. The van der Waals surface area contributed by atoms with Crippen molar-refractivity contribution in [3.63, 3.8) is 0 Å². The van der Waals surface area contributed by atoms with Crippen molar-refractivity contribution in [3.05, 3.63) is 33.8 Å². The molecule has 1 nitrogen and oxygen atoms in total. The van der Waals surface area contributed by atoms with Gasteiger partial charge in [-0.15, -0.1) is 0 Å². The van der Waals surface area contributed by atoms with Crippen LogP contribution in [0.15, 0.2) is 22.7 Å². The van der Waals surface area contributed by atoms with Crippen molar-refractivity contribution >= 4 is 21.7 Å². The van der Waals surface area contributed by atoms with Crippen molar-refractivity contribution in [2.24, 2.45) is 5.92 Å². The van der Waals surface area contributed by atoms with Crippen LogP contribution in [0.1, 0.15) is 41.6 Å². The van der Waals surface area contributed by atoms with Crippen LogP contribution in [0.3, 0.4) is 0 Å². The summed E-state index contributed by atoms with van der Waals surface area (Å²) in [4.78, 5) is 11.9. The molecule has 2 rings (SSSR count). The molecule has 0 spiro atoms. The van der Waals surface area contributed by atoms with E-state index in [2.05, 4.69) is 15.9 Å². The molecule has 0 aromatic heterocycles. The van der Waals surface area contributed by atoms with Crippen molar-refractivity contribution in [1.29, 1.82) is 0 Å². The average molecular weight is 267 g/mol. The van der Waals surface area contributed by atoms with Gasteiger partial charge in [-0.3, -0.25) is 4.79 Å². The molecule has 0 amide bonds. The standard InChI is InChI=1S/C13H15BrO/c1-9-5-6-11(8-12(9)14)13(15)7-10-3-2-4-10/h5-6,8,10H,2-4,7H2,1H3. The number of carbonyl (C=O) groups excluding carboxylic acids is 1. The molecular formula is C13H15BrO. The van der Waals surface area contributed by atoms with Crippen LogP contribution in [0.2, 0.25) is 0 Å². The molecule has 80 valence electrons. The maximum Gasteiger partial charge on any atom is 0.163 e. The zero-order chi connectivity index (χ0) is 10.8. The molecule has 2 heteroatoms. The molecule has 0 radical (unpaired) electrons. The van der Waals surface area contributed by atoms with Crippen molar-refractivity contribution in [2.45, 2.75) is 32.6 Å². The first-order valence-corrected chi connectivity index (χ1v) is 6.25. The predicted molar refractivity (Wildman–Crippen MR) is 65.2 cm³/mol. The number of aryl methyl sites for hydroxylation is 1. The molecule has 1 saturated carbocycles. The topological polar surface area (TPSA) is 17.1 Å². The first-order valence-electron chi connectivity index (χ1n) is 5.46. The summed E-state index contributed by atoms with van der Waals surface area (Å²) in [5.74, 6) is 0.943. The lowest BCUT2D eigenvalue weighted by atomic mass is 9.81. The quantitative estimate of drug-likeness (QED) is 0.752. The Labute approximate surface area is 99.0 Å². The number of rotatable bonds is 3. The Kier molecular flexibility index (Phi) is 3.25. The van der Waals surface area contributed by atoms with Crippen molar-refractivity contribution in [3.8, 4) is 0 Å². The van der Waals surface area contributed by atoms with E-state index in [0.717, 1.165) is 16.5 Å². The number of benzene rings is 1. The monoisotopic (exact) mass is 266 g/mol. The Balaban J connectivity index is 2.07. The van der Waals surface area contributed by atoms with Crippen molar-refractivity contribution in [2.75, 3.05) is 0 Å². The fourth-order valence-corrected chi connectivity index (χ4v) is 2.22. The second-order valence-corrected chi connectivity index (χ2v) is 5.24. The minimum Gasteiger partial charge on any atom is -0.294 e. The maximum atomic E-state index is 11.9. The first kappa shape index (κ1) is 10.9. The van der Waals surface area contributed by atoms with Crippen molar-refractivity contribution in [1.82, 2.24) is 0 Å². The fraction of sp³-hybridized carbons (Fsp3) is 0.462. The number of Topliss-reactive ketones (excluding diaryl/α,β-unsaturated/α-hetero) is 1. The third kappa shape index (κ3) is 2.49. The third-order valence-corrected chi connectivity index (χ3v) is 4.05. The molecule has 0 unspecified atom stereocenters. The third-order valence-electron chi connectivity index (χ3n) is 3.19. The van der Waals surface area contributed by atoms with Gasteiger partial charge in [-0.1, -0.05) is 47.3 Å². The maximum absolute atomic E-state index is 11.9. The SMILES string of the molecule is Cc1ccc(C(=O)CC2CCC2)cc1Br. The minimum atomic E-state index is 0.292. The zero-order valence-corrected chi connectivity index (χ0v) is 10.5. The molecule has 1 aliphatic rings. The summed E-state index contributed by atoms with van der Waals surface area (Å²) in [5.41, 5.74) is 2.02. The summed E-state index contributed by atoms with van der Waals surface area (Å²) in [7, 11) is 0. The summed E-state index contributed by atoms with van der Waals surface area (Å²) in [6, 6.07) is 5.87. The van der Waals surface area contributed by atoms with Crippen LogP contribution in [-0.2, 0) is 0 Å². The zero-order valence-electron chi connectivity index (χ0n) is 8.92. The minimum absolute atomic E-state index is 0.292. The van der Waals surface area contributed by atoms with Gasteiger partial charge < -0.3 is 0 Å². The lowest BCUT2D eigenvalue weighted by molar-refractivity contribution is 0.0936. The number of carbonyl (C=O) groups is 1. The highest BCUT2D eigenvalue weighted by Gasteiger charge is 2.21. The summed E-state index contributed by atoms with van der Waals surface area (Å²) in [5, 5.41) is 0. The van der Waals surface area contributed by atoms with Gasteiger partial charge in [0.05, 0.1) is 0 Å². The van der Waals surface area contributed by atoms with Gasteiger partial charge in [0, 0.05) is 16.5 Å². The highest BCUT2D eigenvalue weighted by Crippen LogP contribution is 2.31. The van der Waals surface area contributed by atoms with E-state index in [4.69, 9.17) is 0 Å². The summed E-state index contributed by atoms with van der Waals surface area (Å²) >= 11 is 3.46. The normalized spacial score (nSPS) is 16.1. The molecule has 0 N–H and O–H groups in total. The van der Waals surface area contributed by atoms with E-state index in [1.807, 2.05) is 25.1 Å². The lowest BCUT2D eigenvalue weighted by Crippen LogP contribution is -2.15. The highest BCUT2D eigenvalue weighted by molar-refractivity contribution is 9.10. The molecule has 0 saturated heterocycles. The van der Waals surface area contributed by atoms with E-state index >= 15 is 0 Å². The van der Waals surface area contributed by atoms with Gasteiger partial charge in [0.25, 0.3) is 0 Å². The number of halogens is 1. The van der Waals surface area contributed by atoms with Crippen LogP contribution < -0.4 is 0 Å². The molecule has 1 aromatic carbocycles. The molecule has 1 fully saturated rings. The van der Waals surface area contributed by atoms with Gasteiger partial charge in [-0.2, -0.15) is 0 Å². The smallest absolute Gasteiger partial charge is 0.163 e. The highest BCUT2D eigenvalue weighted by atomic mass is 79.9. The van der Waals surface area contributed by atoms with E-state index in [1.54, 1.807) is 0 Å². The first-order chi connectivity index (χ1) is 7.16. The van der Waals surface area contributed by atoms with Crippen LogP contribution in [-0.4, -0.2) is 5.78 Å². The van der Waals surface area contributed by atoms with Crippen LogP contribution in [0.25, 0.3) is 0 Å². The second kappa shape index (κ2) is 4.48. The van der Waals surface area contributed by atoms with E-state index in [1.165, 1.54) is 24.8 Å². The van der Waals surface area contributed by atoms with Crippen LogP contribution in [0.5, 0.6) is 0 Å². The second-order valence-electron chi connectivity index (χ2n) is 4.39. The molecule has 1 aliphatic carbocycles. The lowest BCUT2D eigenvalue weighted by Gasteiger charge is -2.24. The molecule has 0 aliphatic heterocycles.